The van der Waals surface area contributed by atoms with Crippen molar-refractivity contribution in [3.63, 3.8) is 0 Å². The molecule has 0 heterocycles. The second-order valence-electron chi connectivity index (χ2n) is 1.45. The molecule has 7 nitrogen and oxygen atoms in total. The van der Waals surface area contributed by atoms with E-state index in [9.17, 15) is 0 Å². The van der Waals surface area contributed by atoms with E-state index in [1.807, 2.05) is 0 Å². The van der Waals surface area contributed by atoms with Gasteiger partial charge in [-0.2, -0.15) is 5.26 Å². The smallest absolute Gasteiger partial charge is 1.00 e. The average Bonchev–Trinajstić information content (AvgIpc) is 1.84. The Balaban J connectivity index is -0.0000000315. The van der Waals surface area contributed by atoms with Crippen molar-refractivity contribution in [3.8, 4) is 6.07 Å². The molecule has 0 atom stereocenters. The Morgan fingerprint density at radius 3 is 1.14 bits per heavy atom. The van der Waals surface area contributed by atoms with Crippen molar-refractivity contribution in [1.29, 1.82) is 5.26 Å². The maximum atomic E-state index is 9.01. The van der Waals surface area contributed by atoms with Crippen LogP contribution in [0.2, 0.25) is 0 Å². The fraction of sp³-hybridized carbons (Fsp3) is 0.333. The van der Waals surface area contributed by atoms with E-state index >= 15 is 0 Å². The van der Waals surface area contributed by atoms with Crippen molar-refractivity contribution in [2.24, 2.45) is 0 Å². The molecule has 0 saturated heterocycles. The summed E-state index contributed by atoms with van der Waals surface area (Å²) in [6.07, 6.45) is 0. The Hall–Kier alpha value is -0.464. The molecule has 0 aliphatic carbocycles. The van der Waals surface area contributed by atoms with Crippen LogP contribution in [0.4, 0.5) is 0 Å². The monoisotopic (exact) mass is 231 g/mol. The van der Waals surface area contributed by atoms with Crippen LogP contribution < -0.4 is 51.4 Å². The molecule has 0 unspecified atom stereocenters. The molecule has 0 aliphatic rings. The van der Waals surface area contributed by atoms with E-state index in [0.717, 1.165) is 19.9 Å². The van der Waals surface area contributed by atoms with E-state index in [-0.39, 0.29) is 52.8 Å². The number of hydrogen-bond acceptors (Lipinski definition) is 4. The van der Waals surface area contributed by atoms with Gasteiger partial charge in [0.15, 0.2) is 6.07 Å². The maximum Gasteiger partial charge on any atom is 1.00 e. The number of carboxylic acid groups (broad SMARTS) is 3. The van der Waals surface area contributed by atoms with Gasteiger partial charge in [-0.15, -0.1) is 0 Å². The summed E-state index contributed by atoms with van der Waals surface area (Å²) in [6.45, 7) is 2.17. The van der Waals surface area contributed by atoms with Crippen molar-refractivity contribution >= 4 is 17.9 Å². The first-order valence-electron chi connectivity index (χ1n) is 2.76. The van der Waals surface area contributed by atoms with E-state index in [2.05, 4.69) is 0 Å². The molecule has 0 saturated carbocycles. The number of aliphatic carboxylic acids is 3. The third kappa shape index (κ3) is 543. The standard InChI is InChI=1S/C2HNO2.2C2H4O2.K.H/c3-1-2(4)5;2*1-2(3)4;;/h(H,4,5);2*1H3,(H,3,4);;/q;;;+1;-1. The predicted octanol–water partition coefficient (Wildman–Crippen LogP) is -3.11. The Kier molecular flexibility index (Phi) is 30.7. The van der Waals surface area contributed by atoms with E-state index in [0.29, 0.717) is 0 Å². The predicted molar refractivity (Wildman–Crippen MR) is 41.0 cm³/mol. The van der Waals surface area contributed by atoms with Gasteiger partial charge in [-0.25, -0.2) is 4.79 Å². The maximum absolute atomic E-state index is 9.01. The average molecular weight is 231 g/mol. The third-order valence-corrected chi connectivity index (χ3v) is 0.0956. The van der Waals surface area contributed by atoms with Crippen LogP contribution in [-0.4, -0.2) is 33.2 Å². The second kappa shape index (κ2) is 18.3. The van der Waals surface area contributed by atoms with E-state index < -0.39 is 17.9 Å². The molecular formula is C6H10KNO6. The second-order valence-corrected chi connectivity index (χ2v) is 1.45. The first kappa shape index (κ1) is 23.4. The van der Waals surface area contributed by atoms with Crippen LogP contribution in [0.1, 0.15) is 15.3 Å². The molecule has 14 heavy (non-hydrogen) atoms. The van der Waals surface area contributed by atoms with Gasteiger partial charge in [0.25, 0.3) is 11.9 Å². The number of nitriles is 1. The molecule has 0 aromatic heterocycles. The largest absolute Gasteiger partial charge is 1.00 e. The first-order chi connectivity index (χ1) is 5.73. The molecule has 0 fully saturated rings. The Bertz CT molecular complexity index is 206. The summed E-state index contributed by atoms with van der Waals surface area (Å²) in [5, 5.41) is 29.5. The van der Waals surface area contributed by atoms with Crippen LogP contribution in [0.3, 0.4) is 0 Å². The number of nitrogens with zero attached hydrogens (tertiary/aromatic N) is 1. The summed E-state index contributed by atoms with van der Waals surface area (Å²) >= 11 is 0. The molecule has 0 spiro atoms. The van der Waals surface area contributed by atoms with Gasteiger partial charge in [-0.05, 0) is 0 Å². The summed E-state index contributed by atoms with van der Waals surface area (Å²) in [4.78, 5) is 27.0. The van der Waals surface area contributed by atoms with Gasteiger partial charge in [0, 0.05) is 13.8 Å². The summed E-state index contributed by atoms with van der Waals surface area (Å²) in [7, 11) is 0. The Morgan fingerprint density at radius 2 is 1.14 bits per heavy atom. The SMILES string of the molecule is CC(=O)O.CC(=O)O.N#CC(=O)O.[H-].[K+]. The van der Waals surface area contributed by atoms with E-state index in [1.54, 1.807) is 0 Å². The van der Waals surface area contributed by atoms with Gasteiger partial charge in [0.2, 0.25) is 0 Å². The summed E-state index contributed by atoms with van der Waals surface area (Å²) in [5.41, 5.74) is 0. The molecule has 0 bridgehead atoms. The van der Waals surface area contributed by atoms with Crippen molar-refractivity contribution in [2.45, 2.75) is 13.8 Å². The number of carbonyl (C=O) groups is 3. The molecule has 0 aromatic rings. The minimum atomic E-state index is -1.44. The van der Waals surface area contributed by atoms with E-state index in [1.165, 1.54) is 0 Å². The van der Waals surface area contributed by atoms with E-state index in [4.69, 9.17) is 35.0 Å². The minimum Gasteiger partial charge on any atom is -1.00 e. The van der Waals surface area contributed by atoms with Gasteiger partial charge < -0.3 is 16.7 Å². The number of rotatable bonds is 0. The van der Waals surface area contributed by atoms with Crippen molar-refractivity contribution in [1.82, 2.24) is 0 Å². The van der Waals surface area contributed by atoms with Crippen molar-refractivity contribution < 1.29 is 82.5 Å². The van der Waals surface area contributed by atoms with Gasteiger partial charge in [0.1, 0.15) is 0 Å². The topological polar surface area (TPSA) is 136 Å². The van der Waals surface area contributed by atoms with Gasteiger partial charge in [-0.3, -0.25) is 9.59 Å². The third-order valence-electron chi connectivity index (χ3n) is 0.0956. The fourth-order valence-electron chi connectivity index (χ4n) is 0. The zero-order chi connectivity index (χ0) is 11.4. The summed E-state index contributed by atoms with van der Waals surface area (Å²) < 4.78 is 0. The molecule has 8 heteroatoms. The Morgan fingerprint density at radius 1 is 1.07 bits per heavy atom. The molecule has 76 valence electrons. The fourth-order valence-corrected chi connectivity index (χ4v) is 0. The number of hydrogen-bond donors (Lipinski definition) is 3. The molecule has 0 amide bonds. The Labute approximate surface area is 124 Å². The van der Waals surface area contributed by atoms with Gasteiger partial charge in [-0.1, -0.05) is 0 Å². The molecule has 0 rings (SSSR count). The molecular weight excluding hydrogens is 221 g/mol. The summed E-state index contributed by atoms with van der Waals surface area (Å²) in [5.74, 6) is -3.11. The molecule has 0 radical (unpaired) electrons. The normalized spacial score (nSPS) is 5.50. The first-order valence-corrected chi connectivity index (χ1v) is 2.76. The van der Waals surface area contributed by atoms with Crippen LogP contribution in [0.15, 0.2) is 0 Å². The minimum absolute atomic E-state index is 0. The van der Waals surface area contributed by atoms with Crippen molar-refractivity contribution in [2.75, 3.05) is 0 Å². The van der Waals surface area contributed by atoms with Gasteiger partial charge in [0.05, 0.1) is 0 Å². The van der Waals surface area contributed by atoms with Gasteiger partial charge >= 0.3 is 57.4 Å². The van der Waals surface area contributed by atoms with Crippen LogP contribution in [-0.2, 0) is 14.4 Å². The van der Waals surface area contributed by atoms with Crippen molar-refractivity contribution in [3.05, 3.63) is 0 Å². The van der Waals surface area contributed by atoms with Crippen LogP contribution >= 0.6 is 0 Å². The van der Waals surface area contributed by atoms with Crippen LogP contribution in [0.5, 0.6) is 0 Å². The molecule has 0 aliphatic heterocycles. The zero-order valence-electron chi connectivity index (χ0n) is 9.01. The summed E-state index contributed by atoms with van der Waals surface area (Å²) in [6, 6.07) is 0.944. The molecule has 3 N–H and O–H groups in total. The van der Waals surface area contributed by atoms with Crippen LogP contribution in [0.25, 0.3) is 0 Å². The zero-order valence-corrected chi connectivity index (χ0v) is 11.1. The quantitative estimate of drug-likeness (QED) is 0.228. The molecule has 0 aromatic carbocycles. The van der Waals surface area contributed by atoms with Crippen LogP contribution in [0, 0.1) is 11.3 Å². The number of carboxylic acids is 3.